The van der Waals surface area contributed by atoms with E-state index in [1.165, 1.54) is 11.9 Å². The average Bonchev–Trinajstić information content (AvgIpc) is 2.36. The molecule has 0 saturated carbocycles. The average molecular weight is 272 g/mol. The van der Waals surface area contributed by atoms with Gasteiger partial charge in [-0.3, -0.25) is 10.1 Å². The molecule has 1 aromatic carbocycles. The van der Waals surface area contributed by atoms with Crippen LogP contribution >= 0.6 is 0 Å². The lowest BCUT2D eigenvalue weighted by Crippen LogP contribution is -2.32. The zero-order valence-corrected chi connectivity index (χ0v) is 10.3. The number of nitro groups is 1. The highest BCUT2D eigenvalue weighted by atomic mass is 19.1. The third kappa shape index (κ3) is 2.97. The van der Waals surface area contributed by atoms with Gasteiger partial charge in [0.15, 0.2) is 5.82 Å². The molecular weight excluding hydrogens is 259 g/mol. The van der Waals surface area contributed by atoms with Crippen LogP contribution in [0.25, 0.3) is 0 Å². The fraction of sp³-hybridized carbons (Fsp3) is 0.364. The molecule has 104 valence electrons. The largest absolute Gasteiger partial charge is 0.477 e. The third-order valence-corrected chi connectivity index (χ3v) is 2.80. The van der Waals surface area contributed by atoms with E-state index in [-0.39, 0.29) is 12.3 Å². The first-order chi connectivity index (χ1) is 8.79. The Morgan fingerprint density at radius 3 is 2.58 bits per heavy atom. The molecule has 1 rings (SSSR count). The van der Waals surface area contributed by atoms with Gasteiger partial charge in [0.2, 0.25) is 0 Å². The lowest BCUT2D eigenvalue weighted by molar-refractivity contribution is -0.385. The highest BCUT2D eigenvalue weighted by Crippen LogP contribution is 2.29. The summed E-state index contributed by atoms with van der Waals surface area (Å²) in [6.45, 7) is 1.33. The van der Waals surface area contributed by atoms with Gasteiger partial charge in [-0.15, -0.1) is 0 Å². The first-order valence-electron chi connectivity index (χ1n) is 5.34. The van der Waals surface area contributed by atoms with Crippen LogP contribution in [0.3, 0.4) is 0 Å². The first kappa shape index (κ1) is 14.8. The maximum Gasteiger partial charge on any atom is 0.342 e. The number of benzene rings is 1. The Morgan fingerprint density at radius 2 is 2.16 bits per heavy atom. The van der Waals surface area contributed by atoms with Crippen molar-refractivity contribution in [1.82, 2.24) is 0 Å². The SMILES string of the molecule is CC(CO)N(C)c1cc(C(=O)O)c([N+](=O)[O-])cc1F. The van der Waals surface area contributed by atoms with Gasteiger partial charge in [0.05, 0.1) is 23.3 Å². The van der Waals surface area contributed by atoms with E-state index in [9.17, 15) is 19.3 Å². The number of aromatic carboxylic acids is 1. The number of hydrogen-bond donors (Lipinski definition) is 2. The lowest BCUT2D eigenvalue weighted by atomic mass is 10.1. The molecule has 0 fully saturated rings. The number of halogens is 1. The summed E-state index contributed by atoms with van der Waals surface area (Å²) in [5.41, 5.74) is -1.53. The van der Waals surface area contributed by atoms with Gasteiger partial charge in [-0.25, -0.2) is 9.18 Å². The maximum atomic E-state index is 13.8. The minimum atomic E-state index is -1.52. The molecule has 0 aliphatic rings. The number of aliphatic hydroxyl groups excluding tert-OH is 1. The number of anilines is 1. The molecule has 1 atom stereocenters. The van der Waals surface area contributed by atoms with Gasteiger partial charge in [0, 0.05) is 13.1 Å². The van der Waals surface area contributed by atoms with Crippen LogP contribution < -0.4 is 4.90 Å². The van der Waals surface area contributed by atoms with E-state index < -0.39 is 34.0 Å². The number of nitrogens with zero attached hydrogens (tertiary/aromatic N) is 2. The molecule has 1 unspecified atom stereocenters. The Kier molecular flexibility index (Phi) is 4.38. The minimum absolute atomic E-state index is 0.121. The normalized spacial score (nSPS) is 12.0. The fourth-order valence-electron chi connectivity index (χ4n) is 1.50. The maximum absolute atomic E-state index is 13.8. The summed E-state index contributed by atoms with van der Waals surface area (Å²) in [5, 5.41) is 28.6. The molecule has 2 N–H and O–H groups in total. The van der Waals surface area contributed by atoms with Gasteiger partial charge in [-0.05, 0) is 13.0 Å². The molecule has 0 spiro atoms. The fourth-order valence-corrected chi connectivity index (χ4v) is 1.50. The molecule has 8 heteroatoms. The summed E-state index contributed by atoms with van der Waals surface area (Å²) in [5.74, 6) is -2.43. The number of likely N-dealkylation sites (N-methyl/N-ethyl adjacent to an activating group) is 1. The van der Waals surface area contributed by atoms with Crippen LogP contribution in [0, 0.1) is 15.9 Å². The second-order valence-electron chi connectivity index (χ2n) is 4.03. The molecule has 0 radical (unpaired) electrons. The molecule has 19 heavy (non-hydrogen) atoms. The van der Waals surface area contributed by atoms with Crippen molar-refractivity contribution in [2.75, 3.05) is 18.6 Å². The first-order valence-corrected chi connectivity index (χ1v) is 5.34. The van der Waals surface area contributed by atoms with Crippen molar-refractivity contribution in [3.63, 3.8) is 0 Å². The van der Waals surface area contributed by atoms with Crippen molar-refractivity contribution in [1.29, 1.82) is 0 Å². The standard InChI is InChI=1S/C11H13FN2O5/c1-6(5-15)13(2)10-3-7(11(16)17)9(14(18)19)4-8(10)12/h3-4,6,15H,5H2,1-2H3,(H,16,17). The van der Waals surface area contributed by atoms with Crippen LogP contribution in [0.5, 0.6) is 0 Å². The molecule has 1 aromatic rings. The minimum Gasteiger partial charge on any atom is -0.477 e. The van der Waals surface area contributed by atoms with Crippen molar-refractivity contribution in [2.45, 2.75) is 13.0 Å². The van der Waals surface area contributed by atoms with Crippen molar-refractivity contribution in [3.05, 3.63) is 33.6 Å². The highest BCUT2D eigenvalue weighted by molar-refractivity contribution is 5.93. The topological polar surface area (TPSA) is 104 Å². The van der Waals surface area contributed by atoms with E-state index in [1.54, 1.807) is 6.92 Å². The number of nitro benzene ring substituents is 1. The lowest BCUT2D eigenvalue weighted by Gasteiger charge is -2.25. The monoisotopic (exact) mass is 272 g/mol. The van der Waals surface area contributed by atoms with Crippen molar-refractivity contribution in [3.8, 4) is 0 Å². The Labute approximate surface area is 108 Å². The summed E-state index contributed by atoms with van der Waals surface area (Å²) in [7, 11) is 1.46. The smallest absolute Gasteiger partial charge is 0.342 e. The molecule has 0 saturated heterocycles. The van der Waals surface area contributed by atoms with Crippen LogP contribution in [-0.4, -0.2) is 40.8 Å². The Bertz CT molecular complexity index is 520. The van der Waals surface area contributed by atoms with Crippen molar-refractivity contribution >= 4 is 17.3 Å². The molecule has 0 bridgehead atoms. The number of rotatable bonds is 5. The summed E-state index contributed by atoms with van der Waals surface area (Å²) in [6.07, 6.45) is 0. The van der Waals surface area contributed by atoms with Gasteiger partial charge in [0.25, 0.3) is 5.69 Å². The summed E-state index contributed by atoms with van der Waals surface area (Å²) in [4.78, 5) is 22.0. The van der Waals surface area contributed by atoms with Crippen LogP contribution in [0.1, 0.15) is 17.3 Å². The van der Waals surface area contributed by atoms with E-state index in [1.807, 2.05) is 0 Å². The zero-order valence-electron chi connectivity index (χ0n) is 10.3. The van der Waals surface area contributed by atoms with E-state index >= 15 is 0 Å². The Morgan fingerprint density at radius 1 is 1.58 bits per heavy atom. The van der Waals surface area contributed by atoms with Gasteiger partial charge in [0.1, 0.15) is 5.56 Å². The van der Waals surface area contributed by atoms with Crippen molar-refractivity contribution < 1.29 is 24.3 Å². The highest BCUT2D eigenvalue weighted by Gasteiger charge is 2.25. The zero-order chi connectivity index (χ0) is 14.7. The van der Waals surface area contributed by atoms with Gasteiger partial charge < -0.3 is 15.1 Å². The van der Waals surface area contributed by atoms with E-state index in [0.717, 1.165) is 6.07 Å². The third-order valence-electron chi connectivity index (χ3n) is 2.80. The number of carboxylic acid groups (broad SMARTS) is 1. The number of carboxylic acids is 1. The molecule has 7 nitrogen and oxygen atoms in total. The van der Waals surface area contributed by atoms with E-state index in [0.29, 0.717) is 6.07 Å². The van der Waals surface area contributed by atoms with Crippen molar-refractivity contribution in [2.24, 2.45) is 0 Å². The molecule has 0 aromatic heterocycles. The molecule has 0 aliphatic heterocycles. The van der Waals surface area contributed by atoms with Crippen LogP contribution in [-0.2, 0) is 0 Å². The predicted octanol–water partition coefficient (Wildman–Crippen LogP) is 1.25. The molecular formula is C11H13FN2O5. The molecule has 0 aliphatic carbocycles. The quantitative estimate of drug-likeness (QED) is 0.617. The number of carbonyl (C=O) groups is 1. The van der Waals surface area contributed by atoms with Gasteiger partial charge in [-0.1, -0.05) is 0 Å². The summed E-state index contributed by atoms with van der Waals surface area (Å²) in [6, 6.07) is 0.999. The second kappa shape index (κ2) is 5.61. The Balaban J connectivity index is 3.40. The van der Waals surface area contributed by atoms with Crippen LogP contribution in [0.2, 0.25) is 0 Å². The second-order valence-corrected chi connectivity index (χ2v) is 4.03. The number of hydrogen-bond acceptors (Lipinski definition) is 5. The van der Waals surface area contributed by atoms with Crippen LogP contribution in [0.15, 0.2) is 12.1 Å². The van der Waals surface area contributed by atoms with E-state index in [4.69, 9.17) is 10.2 Å². The molecule has 0 amide bonds. The predicted molar refractivity (Wildman–Crippen MR) is 65.0 cm³/mol. The van der Waals surface area contributed by atoms with Crippen LogP contribution in [0.4, 0.5) is 15.8 Å². The summed E-state index contributed by atoms with van der Waals surface area (Å²) < 4.78 is 13.8. The molecule has 0 heterocycles. The summed E-state index contributed by atoms with van der Waals surface area (Å²) >= 11 is 0. The van der Waals surface area contributed by atoms with E-state index in [2.05, 4.69) is 0 Å². The van der Waals surface area contributed by atoms with Gasteiger partial charge in [-0.2, -0.15) is 0 Å². The Hall–Kier alpha value is -2.22. The van der Waals surface area contributed by atoms with Gasteiger partial charge >= 0.3 is 5.97 Å². The number of aliphatic hydroxyl groups is 1.